The van der Waals surface area contributed by atoms with Crippen LogP contribution in [0.4, 0.5) is 5.69 Å². The van der Waals surface area contributed by atoms with Crippen molar-refractivity contribution in [3.63, 3.8) is 0 Å². The summed E-state index contributed by atoms with van der Waals surface area (Å²) in [6.07, 6.45) is 12.6. The van der Waals surface area contributed by atoms with E-state index in [2.05, 4.69) is 31.4 Å². The van der Waals surface area contributed by atoms with Crippen LogP contribution in [0, 0.1) is 28.6 Å². The molecule has 0 spiro atoms. The molecule has 3 aliphatic carbocycles. The van der Waals surface area contributed by atoms with Gasteiger partial charge in [-0.1, -0.05) is 52.2 Å². The first-order chi connectivity index (χ1) is 17.2. The predicted octanol–water partition coefficient (Wildman–Crippen LogP) is 6.22. The van der Waals surface area contributed by atoms with E-state index in [0.29, 0.717) is 49.2 Å². The lowest BCUT2D eigenvalue weighted by Crippen LogP contribution is -2.49. The van der Waals surface area contributed by atoms with Gasteiger partial charge in [-0.2, -0.15) is 0 Å². The molecule has 5 heteroatoms. The monoisotopic (exact) mass is 494 g/mol. The number of rotatable bonds is 9. The highest BCUT2D eigenvalue weighted by Gasteiger charge is 2.46. The van der Waals surface area contributed by atoms with Crippen molar-refractivity contribution in [2.75, 3.05) is 25.1 Å². The fourth-order valence-corrected chi connectivity index (χ4v) is 7.32. The Bertz CT molecular complexity index is 956. The topological polar surface area (TPSA) is 67.4 Å². The third-order valence-corrected chi connectivity index (χ3v) is 10.1. The number of nitrogens with one attached hydrogen (secondary N) is 2. The van der Waals surface area contributed by atoms with Crippen LogP contribution in [0.1, 0.15) is 97.0 Å². The molecule has 4 aliphatic rings. The third-order valence-electron chi connectivity index (χ3n) is 10.1. The van der Waals surface area contributed by atoms with Crippen molar-refractivity contribution in [3.05, 3.63) is 29.8 Å². The van der Waals surface area contributed by atoms with E-state index in [0.717, 1.165) is 17.8 Å². The largest absolute Gasteiger partial charge is 0.380 e. The van der Waals surface area contributed by atoms with Crippen molar-refractivity contribution < 1.29 is 14.3 Å². The number of hydrogen-bond donors (Lipinski definition) is 2. The van der Waals surface area contributed by atoms with Crippen LogP contribution in [0.25, 0.3) is 0 Å². The van der Waals surface area contributed by atoms with Crippen molar-refractivity contribution in [1.29, 1.82) is 0 Å². The molecule has 198 valence electrons. The SMILES string of the molecule is CC1(CNC(=O)C2(c3cccc(NC(=O)CC(C4CC4)C4CCCCC4(C)C)c3)CCOC2)CCC1. The number of carbonyl (C=O) groups is 2. The summed E-state index contributed by atoms with van der Waals surface area (Å²) in [5.41, 5.74) is 1.62. The normalized spacial score (nSPS) is 29.7. The minimum Gasteiger partial charge on any atom is -0.380 e. The van der Waals surface area contributed by atoms with Gasteiger partial charge < -0.3 is 15.4 Å². The van der Waals surface area contributed by atoms with Gasteiger partial charge in [0.1, 0.15) is 0 Å². The Morgan fingerprint density at radius 3 is 2.47 bits per heavy atom. The minimum atomic E-state index is -0.677. The van der Waals surface area contributed by atoms with E-state index in [4.69, 9.17) is 4.74 Å². The van der Waals surface area contributed by atoms with Crippen molar-refractivity contribution in [2.45, 2.75) is 96.8 Å². The fourth-order valence-electron chi connectivity index (χ4n) is 7.32. The predicted molar refractivity (Wildman–Crippen MR) is 144 cm³/mol. The molecule has 2 amide bonds. The summed E-state index contributed by atoms with van der Waals surface area (Å²) in [4.78, 5) is 26.8. The zero-order chi connectivity index (χ0) is 25.4. The minimum absolute atomic E-state index is 0.0601. The molecule has 2 N–H and O–H groups in total. The molecule has 4 fully saturated rings. The van der Waals surface area contributed by atoms with Crippen LogP contribution in [0.2, 0.25) is 0 Å². The molecule has 0 radical (unpaired) electrons. The van der Waals surface area contributed by atoms with Gasteiger partial charge in [-0.05, 0) is 91.2 Å². The maximum atomic E-state index is 13.5. The highest BCUT2D eigenvalue weighted by atomic mass is 16.5. The second-order valence-corrected chi connectivity index (χ2v) is 13.4. The molecule has 1 aromatic carbocycles. The lowest BCUT2D eigenvalue weighted by molar-refractivity contribution is -0.127. The van der Waals surface area contributed by atoms with Gasteiger partial charge >= 0.3 is 0 Å². The summed E-state index contributed by atoms with van der Waals surface area (Å²) >= 11 is 0. The second kappa shape index (κ2) is 10.1. The molecule has 3 saturated carbocycles. The van der Waals surface area contributed by atoms with Gasteiger partial charge in [-0.15, -0.1) is 0 Å². The summed E-state index contributed by atoms with van der Waals surface area (Å²) in [5, 5.41) is 6.45. The van der Waals surface area contributed by atoms with E-state index >= 15 is 0 Å². The standard InChI is InChI=1S/C31H46N2O3/c1-29(2)13-5-4-10-26(29)25(22-11-12-22)19-27(34)33-24-9-6-8-23(18-24)31(16-17-36-21-31)28(35)32-20-30(3)14-7-15-30/h6,8-9,18,22,25-26H,4-5,7,10-17,19-21H2,1-3H3,(H,32,35)(H,33,34). The van der Waals surface area contributed by atoms with Crippen molar-refractivity contribution in [3.8, 4) is 0 Å². The summed E-state index contributed by atoms with van der Waals surface area (Å²) < 4.78 is 5.75. The summed E-state index contributed by atoms with van der Waals surface area (Å²) in [6.45, 7) is 8.79. The Morgan fingerprint density at radius 2 is 1.83 bits per heavy atom. The van der Waals surface area contributed by atoms with E-state index in [1.54, 1.807) is 0 Å². The van der Waals surface area contributed by atoms with Crippen molar-refractivity contribution >= 4 is 17.5 Å². The molecule has 36 heavy (non-hydrogen) atoms. The van der Waals surface area contributed by atoms with E-state index in [1.807, 2.05) is 24.3 Å². The smallest absolute Gasteiger partial charge is 0.233 e. The van der Waals surface area contributed by atoms with E-state index in [1.165, 1.54) is 57.8 Å². The lowest BCUT2D eigenvalue weighted by atomic mass is 9.62. The molecule has 1 aromatic rings. The number of anilines is 1. The number of hydrogen-bond acceptors (Lipinski definition) is 3. The summed E-state index contributed by atoms with van der Waals surface area (Å²) in [5.74, 6) is 2.01. The molecule has 5 rings (SSSR count). The number of benzene rings is 1. The Kier molecular flexibility index (Phi) is 7.24. The molecular weight excluding hydrogens is 448 g/mol. The molecule has 3 atom stereocenters. The molecule has 1 aliphatic heterocycles. The number of ether oxygens (including phenoxy) is 1. The molecule has 0 bridgehead atoms. The Labute approximate surface area is 217 Å². The first-order valence-electron chi connectivity index (χ1n) is 14.5. The zero-order valence-corrected chi connectivity index (χ0v) is 22.7. The van der Waals surface area contributed by atoms with Crippen LogP contribution in [-0.4, -0.2) is 31.6 Å². The van der Waals surface area contributed by atoms with Crippen LogP contribution >= 0.6 is 0 Å². The molecule has 1 saturated heterocycles. The Hall–Kier alpha value is -1.88. The van der Waals surface area contributed by atoms with Crippen LogP contribution in [0.5, 0.6) is 0 Å². The Balaban J connectivity index is 1.27. The lowest BCUT2D eigenvalue weighted by Gasteiger charge is -2.43. The molecular formula is C31H46N2O3. The Morgan fingerprint density at radius 1 is 1.03 bits per heavy atom. The van der Waals surface area contributed by atoms with Gasteiger partial charge in [0, 0.05) is 25.3 Å². The van der Waals surface area contributed by atoms with E-state index in [-0.39, 0.29) is 17.2 Å². The van der Waals surface area contributed by atoms with Gasteiger partial charge in [0.2, 0.25) is 11.8 Å². The van der Waals surface area contributed by atoms with Crippen LogP contribution in [0.3, 0.4) is 0 Å². The highest BCUT2D eigenvalue weighted by Crippen LogP contribution is 2.53. The molecule has 5 nitrogen and oxygen atoms in total. The van der Waals surface area contributed by atoms with Crippen LogP contribution in [0.15, 0.2) is 24.3 Å². The van der Waals surface area contributed by atoms with Crippen molar-refractivity contribution in [1.82, 2.24) is 5.32 Å². The van der Waals surface area contributed by atoms with Gasteiger partial charge in [0.05, 0.1) is 12.0 Å². The summed E-state index contributed by atoms with van der Waals surface area (Å²) in [6, 6.07) is 7.95. The summed E-state index contributed by atoms with van der Waals surface area (Å²) in [7, 11) is 0. The first-order valence-corrected chi connectivity index (χ1v) is 14.5. The van der Waals surface area contributed by atoms with Gasteiger partial charge in [0.25, 0.3) is 0 Å². The first kappa shape index (κ1) is 25.8. The van der Waals surface area contributed by atoms with Crippen LogP contribution < -0.4 is 10.6 Å². The average molecular weight is 495 g/mol. The molecule has 0 aromatic heterocycles. The second-order valence-electron chi connectivity index (χ2n) is 13.4. The van der Waals surface area contributed by atoms with Gasteiger partial charge in [-0.3, -0.25) is 9.59 Å². The molecule has 1 heterocycles. The highest BCUT2D eigenvalue weighted by molar-refractivity contribution is 5.92. The maximum absolute atomic E-state index is 13.5. The van der Waals surface area contributed by atoms with E-state index < -0.39 is 5.41 Å². The van der Waals surface area contributed by atoms with Crippen molar-refractivity contribution in [2.24, 2.45) is 28.6 Å². The average Bonchev–Trinajstić information content (AvgIpc) is 3.55. The number of carbonyl (C=O) groups excluding carboxylic acids is 2. The number of amides is 2. The maximum Gasteiger partial charge on any atom is 0.233 e. The van der Waals surface area contributed by atoms with Gasteiger partial charge in [-0.25, -0.2) is 0 Å². The molecule has 3 unspecified atom stereocenters. The third kappa shape index (κ3) is 5.37. The zero-order valence-electron chi connectivity index (χ0n) is 22.7. The van der Waals surface area contributed by atoms with Gasteiger partial charge in [0.15, 0.2) is 0 Å². The fraction of sp³-hybridized carbons (Fsp3) is 0.742. The van der Waals surface area contributed by atoms with Crippen LogP contribution in [-0.2, 0) is 19.7 Å². The van der Waals surface area contributed by atoms with E-state index in [9.17, 15) is 9.59 Å². The quantitative estimate of drug-likeness (QED) is 0.428.